The summed E-state index contributed by atoms with van der Waals surface area (Å²) in [7, 11) is 0. The van der Waals surface area contributed by atoms with E-state index in [1.807, 2.05) is 12.1 Å². The van der Waals surface area contributed by atoms with Crippen LogP contribution < -0.4 is 5.32 Å². The van der Waals surface area contributed by atoms with E-state index in [0.717, 1.165) is 49.7 Å². The van der Waals surface area contributed by atoms with Crippen LogP contribution in [0.3, 0.4) is 0 Å². The summed E-state index contributed by atoms with van der Waals surface area (Å²) in [5.41, 5.74) is 3.57. The molecule has 0 amide bonds. The van der Waals surface area contributed by atoms with E-state index in [4.69, 9.17) is 0 Å². The minimum Gasteiger partial charge on any atom is -0.381 e. The Morgan fingerprint density at radius 2 is 1.73 bits per heavy atom. The molecule has 2 heterocycles. The maximum atomic E-state index is 13.4. The molecule has 30 heavy (non-hydrogen) atoms. The molecule has 0 bridgehead atoms. The number of halogens is 2. The molecule has 1 fully saturated rings. The van der Waals surface area contributed by atoms with E-state index in [-0.39, 0.29) is 6.04 Å². The van der Waals surface area contributed by atoms with Crippen molar-refractivity contribution in [2.45, 2.75) is 25.4 Å². The van der Waals surface area contributed by atoms with E-state index >= 15 is 0 Å². The first-order valence-corrected chi connectivity index (χ1v) is 9.95. The molecule has 6 heteroatoms. The Bertz CT molecular complexity index is 1040. The molecule has 3 aromatic rings. The van der Waals surface area contributed by atoms with Gasteiger partial charge in [-0.2, -0.15) is 0 Å². The zero-order valence-electron chi connectivity index (χ0n) is 16.5. The number of nitrogens with zero attached hydrogens (tertiary/aromatic N) is 3. The highest BCUT2D eigenvalue weighted by Gasteiger charge is 2.20. The monoisotopic (exact) mass is 404 g/mol. The van der Waals surface area contributed by atoms with Crippen LogP contribution in [0.4, 0.5) is 14.5 Å². The fourth-order valence-corrected chi connectivity index (χ4v) is 3.60. The van der Waals surface area contributed by atoms with E-state index < -0.39 is 11.6 Å². The minimum atomic E-state index is -0.823. The van der Waals surface area contributed by atoms with E-state index in [9.17, 15) is 8.78 Å². The van der Waals surface area contributed by atoms with Crippen molar-refractivity contribution in [3.63, 3.8) is 0 Å². The van der Waals surface area contributed by atoms with Gasteiger partial charge in [0.25, 0.3) is 0 Å². The lowest BCUT2D eigenvalue weighted by Crippen LogP contribution is -2.41. The molecule has 1 N–H and O–H groups in total. The predicted molar refractivity (Wildman–Crippen MR) is 113 cm³/mol. The van der Waals surface area contributed by atoms with Crippen LogP contribution in [0, 0.1) is 23.5 Å². The SMILES string of the molecule is Fc1ccc(NC2CCCN(Cc3ccc(C#Cc4cncnc4)cc3)C2)cc1F. The van der Waals surface area contributed by atoms with E-state index in [2.05, 4.69) is 44.2 Å². The van der Waals surface area contributed by atoms with Gasteiger partial charge in [0.15, 0.2) is 11.6 Å². The summed E-state index contributed by atoms with van der Waals surface area (Å²) < 4.78 is 26.6. The second kappa shape index (κ2) is 9.47. The fraction of sp³-hybridized carbons (Fsp3) is 0.250. The molecule has 0 radical (unpaired) electrons. The number of benzene rings is 2. The van der Waals surface area contributed by atoms with Gasteiger partial charge >= 0.3 is 0 Å². The standard InChI is InChI=1S/C24H22F2N4/c25-23-10-9-21(12-24(23)26)29-22-2-1-11-30(16-22)15-19-6-3-18(4-7-19)5-8-20-13-27-17-28-14-20/h3-4,6-7,9-10,12-14,17,22,29H,1-2,11,15-16H2. The van der Waals surface area contributed by atoms with Gasteiger partial charge in [-0.05, 0) is 49.2 Å². The van der Waals surface area contributed by atoms with Crippen LogP contribution in [0.5, 0.6) is 0 Å². The molecular formula is C24H22F2N4. The normalized spacial score (nSPS) is 16.5. The van der Waals surface area contributed by atoms with Crippen LogP contribution >= 0.6 is 0 Å². The van der Waals surface area contributed by atoms with E-state index in [1.165, 1.54) is 18.0 Å². The lowest BCUT2D eigenvalue weighted by atomic mass is 10.0. The Balaban J connectivity index is 1.33. The lowest BCUT2D eigenvalue weighted by Gasteiger charge is -2.33. The first-order valence-electron chi connectivity index (χ1n) is 9.95. The van der Waals surface area contributed by atoms with E-state index in [1.54, 1.807) is 18.5 Å². The molecule has 1 aliphatic heterocycles. The molecule has 0 spiro atoms. The van der Waals surface area contributed by atoms with Crippen molar-refractivity contribution in [2.75, 3.05) is 18.4 Å². The number of aromatic nitrogens is 2. The second-order valence-electron chi connectivity index (χ2n) is 7.42. The minimum absolute atomic E-state index is 0.210. The Labute approximate surface area is 175 Å². The Morgan fingerprint density at radius 3 is 2.50 bits per heavy atom. The summed E-state index contributed by atoms with van der Waals surface area (Å²) in [4.78, 5) is 10.3. The van der Waals surface area contributed by atoms with Gasteiger partial charge in [0.1, 0.15) is 6.33 Å². The highest BCUT2D eigenvalue weighted by molar-refractivity contribution is 5.45. The molecule has 1 aromatic heterocycles. The number of piperidine rings is 1. The highest BCUT2D eigenvalue weighted by Crippen LogP contribution is 2.20. The highest BCUT2D eigenvalue weighted by atomic mass is 19.2. The lowest BCUT2D eigenvalue weighted by molar-refractivity contribution is 0.208. The van der Waals surface area contributed by atoms with Gasteiger partial charge in [-0.15, -0.1) is 0 Å². The zero-order valence-corrected chi connectivity index (χ0v) is 16.5. The molecule has 4 rings (SSSR count). The van der Waals surface area contributed by atoms with Crippen LogP contribution in [-0.4, -0.2) is 34.0 Å². The van der Waals surface area contributed by atoms with Gasteiger partial charge in [0.2, 0.25) is 0 Å². The average Bonchev–Trinajstić information content (AvgIpc) is 2.77. The third-order valence-electron chi connectivity index (χ3n) is 5.07. The van der Waals surface area contributed by atoms with Crippen molar-refractivity contribution >= 4 is 5.69 Å². The molecular weight excluding hydrogens is 382 g/mol. The molecule has 4 nitrogen and oxygen atoms in total. The maximum Gasteiger partial charge on any atom is 0.160 e. The summed E-state index contributed by atoms with van der Waals surface area (Å²) in [5.74, 6) is 4.53. The number of nitrogens with one attached hydrogen (secondary N) is 1. The topological polar surface area (TPSA) is 41.0 Å². The largest absolute Gasteiger partial charge is 0.381 e. The quantitative estimate of drug-likeness (QED) is 0.661. The van der Waals surface area contributed by atoms with Crippen LogP contribution in [0.1, 0.15) is 29.5 Å². The third kappa shape index (κ3) is 5.40. The van der Waals surface area contributed by atoms with Crippen molar-refractivity contribution < 1.29 is 8.78 Å². The summed E-state index contributed by atoms with van der Waals surface area (Å²) in [6.45, 7) is 2.72. The summed E-state index contributed by atoms with van der Waals surface area (Å²) >= 11 is 0. The van der Waals surface area contributed by atoms with Crippen molar-refractivity contribution in [1.29, 1.82) is 0 Å². The molecule has 0 aliphatic carbocycles. The van der Waals surface area contributed by atoms with Crippen LogP contribution in [0.15, 0.2) is 61.2 Å². The van der Waals surface area contributed by atoms with Gasteiger partial charge in [0, 0.05) is 48.8 Å². The molecule has 1 atom stereocenters. The van der Waals surface area contributed by atoms with Crippen molar-refractivity contribution in [3.05, 3.63) is 89.5 Å². The summed E-state index contributed by atoms with van der Waals surface area (Å²) in [6.07, 6.45) is 6.93. The van der Waals surface area contributed by atoms with Crippen molar-refractivity contribution in [2.24, 2.45) is 0 Å². The summed E-state index contributed by atoms with van der Waals surface area (Å²) in [5, 5.41) is 3.33. The third-order valence-corrected chi connectivity index (χ3v) is 5.07. The maximum absolute atomic E-state index is 13.4. The van der Waals surface area contributed by atoms with Crippen LogP contribution in [-0.2, 0) is 6.54 Å². The average molecular weight is 404 g/mol. The van der Waals surface area contributed by atoms with Crippen LogP contribution in [0.2, 0.25) is 0 Å². The molecule has 1 unspecified atom stereocenters. The molecule has 0 saturated carbocycles. The Kier molecular flexibility index (Phi) is 6.31. The zero-order chi connectivity index (χ0) is 20.8. The van der Waals surface area contributed by atoms with Gasteiger partial charge in [-0.25, -0.2) is 18.7 Å². The molecule has 2 aromatic carbocycles. The molecule has 1 aliphatic rings. The van der Waals surface area contributed by atoms with Crippen LogP contribution in [0.25, 0.3) is 0 Å². The smallest absolute Gasteiger partial charge is 0.160 e. The molecule has 152 valence electrons. The van der Waals surface area contributed by atoms with Gasteiger partial charge < -0.3 is 5.32 Å². The number of anilines is 1. The Hall–Kier alpha value is -3.30. The number of hydrogen-bond acceptors (Lipinski definition) is 4. The van der Waals surface area contributed by atoms with Crippen molar-refractivity contribution in [1.82, 2.24) is 14.9 Å². The van der Waals surface area contributed by atoms with Gasteiger partial charge in [0.05, 0.1) is 5.56 Å². The fourth-order valence-electron chi connectivity index (χ4n) is 3.60. The predicted octanol–water partition coefficient (Wildman–Crippen LogP) is 4.23. The van der Waals surface area contributed by atoms with Gasteiger partial charge in [-0.3, -0.25) is 4.90 Å². The van der Waals surface area contributed by atoms with Gasteiger partial charge in [-0.1, -0.05) is 24.0 Å². The van der Waals surface area contributed by atoms with Crippen molar-refractivity contribution in [3.8, 4) is 11.8 Å². The molecule has 1 saturated heterocycles. The second-order valence-corrected chi connectivity index (χ2v) is 7.42. The summed E-state index contributed by atoms with van der Waals surface area (Å²) in [6, 6.07) is 12.4. The first kappa shape index (κ1) is 20.0. The number of likely N-dealkylation sites (tertiary alicyclic amines) is 1. The Morgan fingerprint density at radius 1 is 0.967 bits per heavy atom. The number of hydrogen-bond donors (Lipinski definition) is 1. The number of rotatable bonds is 4. The van der Waals surface area contributed by atoms with E-state index in [0.29, 0.717) is 5.69 Å². The first-order chi connectivity index (χ1) is 14.7.